The first-order chi connectivity index (χ1) is 13.8. The van der Waals surface area contributed by atoms with Gasteiger partial charge >= 0.3 is 0 Å². The number of aromatic amines is 1. The molecule has 0 saturated carbocycles. The SMILES string of the molecule is O=C(c1ccc(C2SCCS2)cc1)N1CCC(c2c[nH]c3ncccc23)CC1. The number of H-pyrrole nitrogens is 1. The number of amides is 1. The third kappa shape index (κ3) is 3.44. The summed E-state index contributed by atoms with van der Waals surface area (Å²) in [5, 5.41) is 1.21. The van der Waals surface area contributed by atoms with Crippen LogP contribution < -0.4 is 0 Å². The van der Waals surface area contributed by atoms with Crippen LogP contribution in [0, 0.1) is 0 Å². The molecular weight excluding hydrogens is 386 g/mol. The summed E-state index contributed by atoms with van der Waals surface area (Å²) in [6.45, 7) is 1.62. The van der Waals surface area contributed by atoms with Crippen molar-refractivity contribution in [1.82, 2.24) is 14.9 Å². The lowest BCUT2D eigenvalue weighted by molar-refractivity contribution is 0.0713. The number of nitrogens with one attached hydrogen (secondary N) is 1. The van der Waals surface area contributed by atoms with E-state index in [0.29, 0.717) is 10.5 Å². The first-order valence-corrected chi connectivity index (χ1v) is 11.9. The van der Waals surface area contributed by atoms with Crippen LogP contribution in [0.2, 0.25) is 0 Å². The second-order valence-electron chi connectivity index (χ2n) is 7.41. The first kappa shape index (κ1) is 18.1. The topological polar surface area (TPSA) is 49.0 Å². The van der Waals surface area contributed by atoms with Gasteiger partial charge < -0.3 is 9.88 Å². The van der Waals surface area contributed by atoms with Crippen molar-refractivity contribution >= 4 is 40.5 Å². The Morgan fingerprint density at radius 1 is 1.07 bits per heavy atom. The molecule has 2 fully saturated rings. The fourth-order valence-corrected chi connectivity index (χ4v) is 7.08. The van der Waals surface area contributed by atoms with Crippen LogP contribution in [0.5, 0.6) is 0 Å². The molecule has 0 atom stereocenters. The molecule has 4 heterocycles. The monoisotopic (exact) mass is 409 g/mol. The van der Waals surface area contributed by atoms with E-state index in [1.165, 1.54) is 28.0 Å². The number of thioether (sulfide) groups is 2. The molecule has 0 aliphatic carbocycles. The minimum Gasteiger partial charge on any atom is -0.346 e. The van der Waals surface area contributed by atoms with Crippen molar-refractivity contribution in [2.45, 2.75) is 23.3 Å². The van der Waals surface area contributed by atoms with Crippen molar-refractivity contribution in [3.05, 3.63) is 65.5 Å². The highest BCUT2D eigenvalue weighted by Crippen LogP contribution is 2.45. The fourth-order valence-electron chi connectivity index (χ4n) is 4.22. The van der Waals surface area contributed by atoms with Gasteiger partial charge in [0.2, 0.25) is 0 Å². The maximum absolute atomic E-state index is 12.9. The molecule has 144 valence electrons. The number of hydrogen-bond donors (Lipinski definition) is 1. The summed E-state index contributed by atoms with van der Waals surface area (Å²) in [5.74, 6) is 3.09. The van der Waals surface area contributed by atoms with E-state index in [0.717, 1.165) is 37.1 Å². The molecule has 2 aliphatic heterocycles. The molecule has 2 aromatic heterocycles. The van der Waals surface area contributed by atoms with Crippen LogP contribution in [0.15, 0.2) is 48.8 Å². The number of piperidine rings is 1. The van der Waals surface area contributed by atoms with Gasteiger partial charge in [0, 0.05) is 47.9 Å². The number of nitrogens with zero attached hydrogens (tertiary/aromatic N) is 2. The Hall–Kier alpha value is -1.92. The molecule has 1 amide bonds. The Kier molecular flexibility index (Phi) is 5.07. The zero-order valence-electron chi connectivity index (χ0n) is 15.6. The summed E-state index contributed by atoms with van der Waals surface area (Å²) in [5.41, 5.74) is 4.43. The molecule has 0 spiro atoms. The third-order valence-corrected chi connectivity index (χ3v) is 8.86. The van der Waals surface area contributed by atoms with Gasteiger partial charge in [-0.15, -0.1) is 23.5 Å². The number of rotatable bonds is 3. The highest BCUT2D eigenvalue weighted by molar-refractivity contribution is 8.19. The average Bonchev–Trinajstić information content (AvgIpc) is 3.44. The summed E-state index contributed by atoms with van der Waals surface area (Å²) in [7, 11) is 0. The molecule has 6 heteroatoms. The van der Waals surface area contributed by atoms with Crippen LogP contribution in [0.25, 0.3) is 11.0 Å². The van der Waals surface area contributed by atoms with Gasteiger partial charge in [0.05, 0.1) is 4.58 Å². The number of hydrogen-bond acceptors (Lipinski definition) is 4. The Balaban J connectivity index is 1.24. The van der Waals surface area contributed by atoms with E-state index in [1.54, 1.807) is 0 Å². The van der Waals surface area contributed by atoms with Gasteiger partial charge in [-0.2, -0.15) is 0 Å². The van der Waals surface area contributed by atoms with Crippen molar-refractivity contribution in [1.29, 1.82) is 0 Å². The van der Waals surface area contributed by atoms with Gasteiger partial charge in [-0.3, -0.25) is 4.79 Å². The quantitative estimate of drug-likeness (QED) is 0.657. The van der Waals surface area contributed by atoms with Gasteiger partial charge in [0.15, 0.2) is 0 Å². The molecule has 1 aromatic carbocycles. The van der Waals surface area contributed by atoms with Crippen molar-refractivity contribution < 1.29 is 4.79 Å². The maximum Gasteiger partial charge on any atom is 0.253 e. The largest absolute Gasteiger partial charge is 0.346 e. The van der Waals surface area contributed by atoms with E-state index in [4.69, 9.17) is 0 Å². The van der Waals surface area contributed by atoms with Crippen molar-refractivity contribution in [3.8, 4) is 0 Å². The maximum atomic E-state index is 12.9. The third-order valence-electron chi connectivity index (χ3n) is 5.76. The number of carbonyl (C=O) groups excluding carboxylic acids is 1. The molecule has 28 heavy (non-hydrogen) atoms. The lowest BCUT2D eigenvalue weighted by atomic mass is 9.89. The van der Waals surface area contributed by atoms with Gasteiger partial charge in [-0.05, 0) is 54.2 Å². The molecule has 0 unspecified atom stereocenters. The number of likely N-dealkylation sites (tertiary alicyclic amines) is 1. The molecule has 4 nitrogen and oxygen atoms in total. The van der Waals surface area contributed by atoms with Gasteiger partial charge in [0.25, 0.3) is 5.91 Å². The Bertz CT molecular complexity index is 971. The summed E-state index contributed by atoms with van der Waals surface area (Å²) >= 11 is 4.00. The molecule has 5 rings (SSSR count). The smallest absolute Gasteiger partial charge is 0.253 e. The molecule has 3 aromatic rings. The highest BCUT2D eigenvalue weighted by Gasteiger charge is 2.26. The fraction of sp³-hybridized carbons (Fsp3) is 0.364. The van der Waals surface area contributed by atoms with Crippen molar-refractivity contribution in [2.75, 3.05) is 24.6 Å². The standard InChI is InChI=1S/C22H23N3OS2/c26-21(16-3-5-17(6-4-16)22-27-12-13-28-22)25-10-7-15(8-11-25)19-14-24-20-18(19)2-1-9-23-20/h1-6,9,14-15,22H,7-8,10-13H2,(H,23,24). The Labute approximate surface area is 173 Å². The zero-order chi connectivity index (χ0) is 18.9. The van der Waals surface area contributed by atoms with E-state index in [9.17, 15) is 4.79 Å². The van der Waals surface area contributed by atoms with E-state index in [-0.39, 0.29) is 5.91 Å². The number of pyridine rings is 1. The van der Waals surface area contributed by atoms with E-state index in [1.807, 2.05) is 52.8 Å². The molecule has 0 bridgehead atoms. The second-order valence-corrected chi connectivity index (χ2v) is 10.1. The second kappa shape index (κ2) is 7.84. The molecule has 1 N–H and O–H groups in total. The lowest BCUT2D eigenvalue weighted by Crippen LogP contribution is -2.37. The zero-order valence-corrected chi connectivity index (χ0v) is 17.3. The number of carbonyl (C=O) groups is 1. The van der Waals surface area contributed by atoms with E-state index >= 15 is 0 Å². The predicted octanol–water partition coefficient (Wildman–Crippen LogP) is 5.06. The lowest BCUT2D eigenvalue weighted by Gasteiger charge is -2.32. The molecule has 2 saturated heterocycles. The van der Waals surface area contributed by atoms with Crippen LogP contribution in [0.1, 0.15) is 44.8 Å². The molecular formula is C22H23N3OS2. The Morgan fingerprint density at radius 2 is 1.82 bits per heavy atom. The average molecular weight is 410 g/mol. The minimum atomic E-state index is 0.164. The summed E-state index contributed by atoms with van der Waals surface area (Å²) < 4.78 is 0.533. The normalized spacial score (nSPS) is 18.8. The predicted molar refractivity (Wildman–Crippen MR) is 118 cm³/mol. The van der Waals surface area contributed by atoms with E-state index < -0.39 is 0 Å². The summed E-state index contributed by atoms with van der Waals surface area (Å²) in [4.78, 5) is 22.6. The van der Waals surface area contributed by atoms with Gasteiger partial charge in [0.1, 0.15) is 5.65 Å². The van der Waals surface area contributed by atoms with E-state index in [2.05, 4.69) is 34.4 Å². The van der Waals surface area contributed by atoms with Crippen molar-refractivity contribution in [2.24, 2.45) is 0 Å². The summed E-state index contributed by atoms with van der Waals surface area (Å²) in [6, 6.07) is 12.4. The van der Waals surface area contributed by atoms with Crippen LogP contribution in [0.4, 0.5) is 0 Å². The summed E-state index contributed by atoms with van der Waals surface area (Å²) in [6.07, 6.45) is 5.92. The van der Waals surface area contributed by atoms with Crippen LogP contribution in [0.3, 0.4) is 0 Å². The van der Waals surface area contributed by atoms with Crippen LogP contribution >= 0.6 is 23.5 Å². The first-order valence-electron chi connectivity index (χ1n) is 9.84. The highest BCUT2D eigenvalue weighted by atomic mass is 32.2. The number of fused-ring (bicyclic) bond motifs is 1. The van der Waals surface area contributed by atoms with Crippen LogP contribution in [-0.2, 0) is 0 Å². The minimum absolute atomic E-state index is 0.164. The van der Waals surface area contributed by atoms with Gasteiger partial charge in [-0.25, -0.2) is 4.98 Å². The van der Waals surface area contributed by atoms with Crippen LogP contribution in [-0.4, -0.2) is 45.4 Å². The molecule has 0 radical (unpaired) electrons. The van der Waals surface area contributed by atoms with Crippen molar-refractivity contribution in [3.63, 3.8) is 0 Å². The van der Waals surface area contributed by atoms with Gasteiger partial charge in [-0.1, -0.05) is 12.1 Å². The number of benzene rings is 1. The number of aromatic nitrogens is 2. The molecule has 2 aliphatic rings. The Morgan fingerprint density at radius 3 is 2.57 bits per heavy atom.